The van der Waals surface area contributed by atoms with Gasteiger partial charge in [0.05, 0.1) is 19.0 Å². The second kappa shape index (κ2) is 7.29. The second-order valence-corrected chi connectivity index (χ2v) is 10.3. The van der Waals surface area contributed by atoms with Gasteiger partial charge < -0.3 is 10.5 Å². The number of sulfone groups is 1. The van der Waals surface area contributed by atoms with Crippen LogP contribution in [-0.4, -0.2) is 31.4 Å². The number of hydrogen-bond acceptors (Lipinski definition) is 5. The molecule has 1 atom stereocenters. The number of hydrogen-bond donors (Lipinski definition) is 1. The zero-order valence-corrected chi connectivity index (χ0v) is 17.1. The molecule has 1 aliphatic rings. The molecule has 2 aromatic rings. The van der Waals surface area contributed by atoms with Crippen molar-refractivity contribution in [3.05, 3.63) is 71.0 Å². The number of halogens is 1. The van der Waals surface area contributed by atoms with Gasteiger partial charge in [-0.1, -0.05) is 48.0 Å². The summed E-state index contributed by atoms with van der Waals surface area (Å²) in [5.74, 6) is -0.939. The Balaban J connectivity index is 2.05. The maximum absolute atomic E-state index is 14.8. The molecule has 2 N–H and O–H groups in total. The lowest BCUT2D eigenvalue weighted by molar-refractivity contribution is 0.0781. The number of aliphatic imine (C=N–C) groups is 1. The summed E-state index contributed by atoms with van der Waals surface area (Å²) < 4.78 is 45.3. The first kappa shape index (κ1) is 20.5. The normalized spacial score (nSPS) is 23.2. The van der Waals surface area contributed by atoms with Crippen LogP contribution in [0, 0.1) is 12.7 Å². The van der Waals surface area contributed by atoms with Crippen molar-refractivity contribution >= 4 is 15.7 Å². The molecule has 0 saturated carbocycles. The molecule has 1 heterocycles. The summed E-state index contributed by atoms with van der Waals surface area (Å²) in [6.07, 6.45) is 0. The van der Waals surface area contributed by atoms with E-state index in [4.69, 9.17) is 10.5 Å². The third kappa shape index (κ3) is 3.69. The largest absolute Gasteiger partial charge is 0.386 e. The topological polar surface area (TPSA) is 81.8 Å². The van der Waals surface area contributed by atoms with Crippen LogP contribution in [0.4, 0.5) is 4.39 Å². The molecule has 7 heteroatoms. The highest BCUT2D eigenvalue weighted by molar-refractivity contribution is 7.93. The highest BCUT2D eigenvalue weighted by atomic mass is 32.2. The van der Waals surface area contributed by atoms with Crippen LogP contribution < -0.4 is 5.73 Å². The number of rotatable bonds is 5. The van der Waals surface area contributed by atoms with E-state index in [0.717, 1.165) is 11.1 Å². The summed E-state index contributed by atoms with van der Waals surface area (Å²) in [5.41, 5.74) is 6.55. The zero-order chi connectivity index (χ0) is 20.6. The van der Waals surface area contributed by atoms with E-state index in [-0.39, 0.29) is 30.4 Å². The first-order valence-electron chi connectivity index (χ1n) is 9.04. The Morgan fingerprint density at radius 3 is 2.50 bits per heavy atom. The summed E-state index contributed by atoms with van der Waals surface area (Å²) in [4.78, 5) is 4.52. The molecule has 0 fully saturated rings. The van der Waals surface area contributed by atoms with Gasteiger partial charge in [-0.25, -0.2) is 12.8 Å². The van der Waals surface area contributed by atoms with Crippen LogP contribution in [0.2, 0.25) is 0 Å². The van der Waals surface area contributed by atoms with E-state index in [0.29, 0.717) is 0 Å². The van der Waals surface area contributed by atoms with Gasteiger partial charge in [0.15, 0.2) is 9.84 Å². The highest BCUT2D eigenvalue weighted by Gasteiger charge is 2.51. The van der Waals surface area contributed by atoms with Crippen LogP contribution in [0.25, 0.3) is 0 Å². The molecule has 0 unspecified atom stereocenters. The molecular formula is C21H25FN2O3S. The predicted octanol–water partition coefficient (Wildman–Crippen LogP) is 3.11. The van der Waals surface area contributed by atoms with Gasteiger partial charge in [-0.05, 0) is 32.4 Å². The molecule has 0 bridgehead atoms. The maximum Gasteiger partial charge on any atom is 0.165 e. The van der Waals surface area contributed by atoms with Crippen LogP contribution in [-0.2, 0) is 26.7 Å². The molecule has 28 heavy (non-hydrogen) atoms. The number of ether oxygens (including phenoxy) is 1. The highest BCUT2D eigenvalue weighted by Crippen LogP contribution is 2.39. The quantitative estimate of drug-likeness (QED) is 0.830. The van der Waals surface area contributed by atoms with Crippen molar-refractivity contribution in [2.45, 2.75) is 37.7 Å². The molecule has 2 aromatic carbocycles. The Labute approximate surface area is 165 Å². The van der Waals surface area contributed by atoms with E-state index < -0.39 is 25.9 Å². The van der Waals surface area contributed by atoms with Crippen molar-refractivity contribution in [1.29, 1.82) is 0 Å². The van der Waals surface area contributed by atoms with E-state index in [9.17, 15) is 12.8 Å². The first-order chi connectivity index (χ1) is 13.1. The van der Waals surface area contributed by atoms with Crippen LogP contribution >= 0.6 is 0 Å². The lowest BCUT2D eigenvalue weighted by Gasteiger charge is -2.40. The van der Waals surface area contributed by atoms with Gasteiger partial charge in [0.25, 0.3) is 0 Å². The summed E-state index contributed by atoms with van der Waals surface area (Å²) in [6.45, 7) is 5.01. The minimum atomic E-state index is -3.69. The Morgan fingerprint density at radius 2 is 1.86 bits per heavy atom. The third-order valence-corrected chi connectivity index (χ3v) is 7.86. The average molecular weight is 405 g/mol. The monoisotopic (exact) mass is 404 g/mol. The van der Waals surface area contributed by atoms with Gasteiger partial charge in [-0.3, -0.25) is 4.99 Å². The summed E-state index contributed by atoms with van der Waals surface area (Å²) in [7, 11) is -3.69. The zero-order valence-electron chi connectivity index (χ0n) is 16.3. The Kier molecular flexibility index (Phi) is 5.34. The smallest absolute Gasteiger partial charge is 0.165 e. The second-order valence-electron chi connectivity index (χ2n) is 7.76. The lowest BCUT2D eigenvalue weighted by Crippen LogP contribution is -2.57. The predicted molar refractivity (Wildman–Crippen MR) is 108 cm³/mol. The molecule has 1 aliphatic heterocycles. The van der Waals surface area contributed by atoms with Gasteiger partial charge in [-0.15, -0.1) is 0 Å². The third-order valence-electron chi connectivity index (χ3n) is 5.23. The van der Waals surface area contributed by atoms with Crippen molar-refractivity contribution < 1.29 is 17.5 Å². The van der Waals surface area contributed by atoms with Gasteiger partial charge in [-0.2, -0.15) is 0 Å². The van der Waals surface area contributed by atoms with Crippen molar-refractivity contribution in [2.75, 3.05) is 12.4 Å². The van der Waals surface area contributed by atoms with E-state index >= 15 is 0 Å². The van der Waals surface area contributed by atoms with Crippen LogP contribution in [0.15, 0.2) is 53.5 Å². The number of aryl methyl sites for hydroxylation is 1. The van der Waals surface area contributed by atoms with Crippen LogP contribution in [0.5, 0.6) is 0 Å². The fourth-order valence-corrected chi connectivity index (χ4v) is 4.91. The molecule has 0 aromatic heterocycles. The molecule has 0 saturated heterocycles. The first-order valence-corrected chi connectivity index (χ1v) is 10.7. The Hall–Kier alpha value is -2.25. The maximum atomic E-state index is 14.8. The van der Waals surface area contributed by atoms with Crippen LogP contribution in [0.3, 0.4) is 0 Å². The van der Waals surface area contributed by atoms with E-state index in [1.807, 2.05) is 37.3 Å². The van der Waals surface area contributed by atoms with Crippen molar-refractivity contribution in [1.82, 2.24) is 0 Å². The standard InChI is InChI=1S/C21H25FN2O3S/c1-15-9-10-18(22)17(11-15)21(13-27-12-16-7-5-4-6-8-16)14-28(25,26)20(2,3)19(23)24-21/h4-11H,12-14H2,1-3H3,(H2,23,24)/t21-/m0/s1. The fourth-order valence-electron chi connectivity index (χ4n) is 3.25. The number of benzene rings is 2. The van der Waals surface area contributed by atoms with E-state index in [1.165, 1.54) is 19.9 Å². The van der Waals surface area contributed by atoms with E-state index in [1.54, 1.807) is 12.1 Å². The summed E-state index contributed by atoms with van der Waals surface area (Å²) in [6, 6.07) is 14.0. The van der Waals surface area contributed by atoms with Crippen LogP contribution in [0.1, 0.15) is 30.5 Å². The summed E-state index contributed by atoms with van der Waals surface area (Å²) in [5, 5.41) is 0. The molecule has 0 spiro atoms. The Morgan fingerprint density at radius 1 is 1.18 bits per heavy atom. The number of nitrogens with two attached hydrogens (primary N) is 1. The van der Waals surface area contributed by atoms with Gasteiger partial charge in [0.2, 0.25) is 0 Å². The number of amidine groups is 1. The van der Waals surface area contributed by atoms with E-state index in [2.05, 4.69) is 4.99 Å². The van der Waals surface area contributed by atoms with Gasteiger partial charge in [0, 0.05) is 5.56 Å². The molecule has 5 nitrogen and oxygen atoms in total. The van der Waals surface area contributed by atoms with Gasteiger partial charge >= 0.3 is 0 Å². The van der Waals surface area contributed by atoms with Crippen molar-refractivity contribution in [3.8, 4) is 0 Å². The SMILES string of the molecule is Cc1ccc(F)c([C@]2(COCc3ccccc3)CS(=O)(=O)C(C)(C)C(N)=N2)c1. The summed E-state index contributed by atoms with van der Waals surface area (Å²) >= 11 is 0. The molecule has 0 radical (unpaired) electrons. The molecule has 0 amide bonds. The molecule has 3 rings (SSSR count). The molecular weight excluding hydrogens is 379 g/mol. The fraction of sp³-hybridized carbons (Fsp3) is 0.381. The minimum absolute atomic E-state index is 0.0389. The van der Waals surface area contributed by atoms with Crippen molar-refractivity contribution in [3.63, 3.8) is 0 Å². The molecule has 150 valence electrons. The van der Waals surface area contributed by atoms with Gasteiger partial charge in [0.1, 0.15) is 21.9 Å². The average Bonchev–Trinajstić information content (AvgIpc) is 2.63. The lowest BCUT2D eigenvalue weighted by atomic mass is 9.90. The minimum Gasteiger partial charge on any atom is -0.386 e. The Bertz CT molecular complexity index is 1000. The number of nitrogens with zero attached hydrogens (tertiary/aromatic N) is 1. The molecule has 0 aliphatic carbocycles. The van der Waals surface area contributed by atoms with Crippen molar-refractivity contribution in [2.24, 2.45) is 10.7 Å².